The molecule has 0 radical (unpaired) electrons. The van der Waals surface area contributed by atoms with Gasteiger partial charge >= 0.3 is 0 Å². The molecule has 3 heteroatoms. The maximum absolute atomic E-state index is 5.34. The van der Waals surface area contributed by atoms with Gasteiger partial charge in [0.2, 0.25) is 0 Å². The zero-order chi connectivity index (χ0) is 8.39. The predicted molar refractivity (Wildman–Crippen MR) is 55.5 cm³/mol. The first-order chi connectivity index (χ1) is 5.90. The molecule has 0 N–H and O–H groups in total. The number of thioether (sulfide) groups is 2. The molecular weight excluding hydrogens is 188 g/mol. The second kappa shape index (κ2) is 3.62. The lowest BCUT2D eigenvalue weighted by molar-refractivity contribution is 0.475. The smallest absolute Gasteiger partial charge is 0.160 e. The Hall–Kier alpha value is -0.280. The molecule has 0 saturated carbocycles. The quantitative estimate of drug-likeness (QED) is 0.675. The van der Waals surface area contributed by atoms with E-state index in [1.165, 1.54) is 22.6 Å². The van der Waals surface area contributed by atoms with E-state index in [0.717, 1.165) is 5.09 Å². The zero-order valence-corrected chi connectivity index (χ0v) is 8.50. The third-order valence-electron chi connectivity index (χ3n) is 1.77. The summed E-state index contributed by atoms with van der Waals surface area (Å²) in [7, 11) is 0. The first-order valence-corrected chi connectivity index (χ1v) is 6.07. The van der Waals surface area contributed by atoms with E-state index in [1.54, 1.807) is 11.8 Å². The molecule has 0 unspecified atom stereocenters. The third kappa shape index (κ3) is 1.57. The molecule has 0 fully saturated rings. The Morgan fingerprint density at radius 1 is 1.58 bits per heavy atom. The van der Waals surface area contributed by atoms with Crippen molar-refractivity contribution < 1.29 is 4.42 Å². The number of allylic oxidation sites excluding steroid dienone is 1. The van der Waals surface area contributed by atoms with E-state index in [4.69, 9.17) is 4.42 Å². The van der Waals surface area contributed by atoms with Crippen molar-refractivity contribution in [1.82, 2.24) is 0 Å². The molecule has 0 aromatic carbocycles. The van der Waals surface area contributed by atoms with E-state index >= 15 is 0 Å². The van der Waals surface area contributed by atoms with E-state index in [0.29, 0.717) is 0 Å². The van der Waals surface area contributed by atoms with Gasteiger partial charge in [-0.1, -0.05) is 17.8 Å². The van der Waals surface area contributed by atoms with Gasteiger partial charge in [-0.3, -0.25) is 0 Å². The van der Waals surface area contributed by atoms with Crippen molar-refractivity contribution in [2.45, 2.75) is 11.5 Å². The van der Waals surface area contributed by atoms with Gasteiger partial charge in [0.05, 0.1) is 0 Å². The highest BCUT2D eigenvalue weighted by atomic mass is 32.2. The molecule has 0 atom stereocenters. The summed E-state index contributed by atoms with van der Waals surface area (Å²) in [4.78, 5) is 1.37. The van der Waals surface area contributed by atoms with Crippen LogP contribution in [0.3, 0.4) is 0 Å². The first-order valence-electron chi connectivity index (χ1n) is 3.86. The fraction of sp³-hybridized carbons (Fsp3) is 0.333. The Labute approximate surface area is 80.6 Å². The van der Waals surface area contributed by atoms with Crippen molar-refractivity contribution in [2.24, 2.45) is 0 Å². The molecular formula is C9H10OS2. The molecule has 0 aliphatic carbocycles. The molecule has 2 heterocycles. The van der Waals surface area contributed by atoms with Crippen molar-refractivity contribution >= 4 is 28.4 Å². The van der Waals surface area contributed by atoms with Crippen LogP contribution in [0, 0.1) is 0 Å². The standard InChI is InChI=1S/C9H10OS2/c1-11-9-5-7(6-10-9)8-3-2-4-12-8/h3,5-6H,2,4H2,1H3. The van der Waals surface area contributed by atoms with Gasteiger partial charge in [0.1, 0.15) is 6.26 Å². The Balaban J connectivity index is 2.22. The fourth-order valence-corrected chi connectivity index (χ4v) is 2.53. The van der Waals surface area contributed by atoms with Crippen molar-refractivity contribution in [3.8, 4) is 0 Å². The van der Waals surface area contributed by atoms with Crippen molar-refractivity contribution in [2.75, 3.05) is 12.0 Å². The highest BCUT2D eigenvalue weighted by molar-refractivity contribution is 8.08. The van der Waals surface area contributed by atoms with Crippen molar-refractivity contribution in [3.63, 3.8) is 0 Å². The van der Waals surface area contributed by atoms with E-state index in [1.807, 2.05) is 24.3 Å². The molecule has 0 spiro atoms. The number of furan rings is 1. The first kappa shape index (κ1) is 8.32. The lowest BCUT2D eigenvalue weighted by atomic mass is 10.3. The Morgan fingerprint density at radius 2 is 2.50 bits per heavy atom. The van der Waals surface area contributed by atoms with Crippen LogP contribution in [0.4, 0.5) is 0 Å². The van der Waals surface area contributed by atoms with Gasteiger partial charge in [0.25, 0.3) is 0 Å². The molecule has 0 bridgehead atoms. The molecule has 0 amide bonds. The lowest BCUT2D eigenvalue weighted by Crippen LogP contribution is -1.68. The molecule has 1 aromatic rings. The average molecular weight is 198 g/mol. The monoisotopic (exact) mass is 198 g/mol. The molecule has 0 saturated heterocycles. The van der Waals surface area contributed by atoms with Crippen LogP contribution in [-0.2, 0) is 0 Å². The fourth-order valence-electron chi connectivity index (χ4n) is 1.17. The van der Waals surface area contributed by atoms with Crippen LogP contribution in [0.5, 0.6) is 0 Å². The van der Waals surface area contributed by atoms with Crippen molar-refractivity contribution in [1.29, 1.82) is 0 Å². The van der Waals surface area contributed by atoms with Crippen LogP contribution >= 0.6 is 23.5 Å². The Bertz CT molecular complexity index is 301. The lowest BCUT2D eigenvalue weighted by Gasteiger charge is -1.92. The molecule has 1 aliphatic rings. The predicted octanol–water partition coefficient (Wildman–Crippen LogP) is 3.48. The maximum Gasteiger partial charge on any atom is 0.160 e. The largest absolute Gasteiger partial charge is 0.457 e. The molecule has 12 heavy (non-hydrogen) atoms. The van der Waals surface area contributed by atoms with Gasteiger partial charge in [-0.2, -0.15) is 0 Å². The maximum atomic E-state index is 5.34. The minimum absolute atomic E-state index is 0.999. The minimum Gasteiger partial charge on any atom is -0.457 e. The third-order valence-corrected chi connectivity index (χ3v) is 3.54. The van der Waals surface area contributed by atoms with Crippen LogP contribution in [0.25, 0.3) is 4.91 Å². The summed E-state index contributed by atoms with van der Waals surface area (Å²) in [6, 6.07) is 2.11. The van der Waals surface area contributed by atoms with E-state index in [2.05, 4.69) is 12.1 Å². The SMILES string of the molecule is CSc1cc(C2=CCCS2)co1. The van der Waals surface area contributed by atoms with Gasteiger partial charge in [-0.15, -0.1) is 11.8 Å². The summed E-state index contributed by atoms with van der Waals surface area (Å²) in [6.45, 7) is 0. The average Bonchev–Trinajstić information content (AvgIpc) is 2.75. The van der Waals surface area contributed by atoms with Gasteiger partial charge in [0, 0.05) is 16.2 Å². The summed E-state index contributed by atoms with van der Waals surface area (Å²) in [6.07, 6.45) is 7.34. The van der Waals surface area contributed by atoms with E-state index in [9.17, 15) is 0 Å². The Morgan fingerprint density at radius 3 is 3.08 bits per heavy atom. The molecule has 1 aromatic heterocycles. The second-order valence-corrected chi connectivity index (χ2v) is 4.51. The molecule has 1 nitrogen and oxygen atoms in total. The topological polar surface area (TPSA) is 13.1 Å². The van der Waals surface area contributed by atoms with Crippen LogP contribution in [-0.4, -0.2) is 12.0 Å². The van der Waals surface area contributed by atoms with Gasteiger partial charge in [-0.05, 0) is 18.7 Å². The molecule has 1 aliphatic heterocycles. The number of hydrogen-bond donors (Lipinski definition) is 0. The van der Waals surface area contributed by atoms with Crippen molar-refractivity contribution in [3.05, 3.63) is 24.0 Å². The number of hydrogen-bond acceptors (Lipinski definition) is 3. The van der Waals surface area contributed by atoms with E-state index < -0.39 is 0 Å². The zero-order valence-electron chi connectivity index (χ0n) is 6.87. The molecule has 64 valence electrons. The normalized spacial score (nSPS) is 16.6. The molecule has 2 rings (SSSR count). The summed E-state index contributed by atoms with van der Waals surface area (Å²) >= 11 is 3.56. The van der Waals surface area contributed by atoms with Crippen LogP contribution in [0.1, 0.15) is 12.0 Å². The minimum atomic E-state index is 0.999. The summed E-state index contributed by atoms with van der Waals surface area (Å²) < 4.78 is 5.34. The number of rotatable bonds is 2. The van der Waals surface area contributed by atoms with Crippen LogP contribution < -0.4 is 0 Å². The summed E-state index contributed by atoms with van der Waals surface area (Å²) in [5, 5.41) is 0.999. The van der Waals surface area contributed by atoms with Gasteiger partial charge in [-0.25, -0.2) is 0 Å². The summed E-state index contributed by atoms with van der Waals surface area (Å²) in [5.41, 5.74) is 1.24. The van der Waals surface area contributed by atoms with Crippen LogP contribution in [0.15, 0.2) is 27.9 Å². The highest BCUT2D eigenvalue weighted by Gasteiger charge is 2.10. The van der Waals surface area contributed by atoms with Gasteiger partial charge in [0.15, 0.2) is 5.09 Å². The van der Waals surface area contributed by atoms with Crippen LogP contribution in [0.2, 0.25) is 0 Å². The van der Waals surface area contributed by atoms with Gasteiger partial charge < -0.3 is 4.42 Å². The summed E-state index contributed by atoms with van der Waals surface area (Å²) in [5.74, 6) is 1.22. The highest BCUT2D eigenvalue weighted by Crippen LogP contribution is 2.35. The second-order valence-electron chi connectivity index (χ2n) is 2.56. The van der Waals surface area contributed by atoms with E-state index in [-0.39, 0.29) is 0 Å². The Kier molecular flexibility index (Phi) is 2.51.